The lowest BCUT2D eigenvalue weighted by atomic mass is 10.0. The predicted octanol–water partition coefficient (Wildman–Crippen LogP) is 2.34. The molecule has 0 aromatic heterocycles. The van der Waals surface area contributed by atoms with E-state index in [2.05, 4.69) is 16.0 Å². The van der Waals surface area contributed by atoms with Crippen LogP contribution in [0, 0.1) is 11.6 Å². The van der Waals surface area contributed by atoms with Crippen molar-refractivity contribution in [1.29, 1.82) is 0 Å². The molecule has 0 heterocycles. The molecule has 9 nitrogen and oxygen atoms in total. The van der Waals surface area contributed by atoms with Crippen LogP contribution < -0.4 is 21.4 Å². The summed E-state index contributed by atoms with van der Waals surface area (Å²) in [6.07, 6.45) is -1.22. The van der Waals surface area contributed by atoms with E-state index in [9.17, 15) is 28.3 Å². The summed E-state index contributed by atoms with van der Waals surface area (Å²) >= 11 is 0. The Balaban J connectivity index is 1.53. The van der Waals surface area contributed by atoms with Gasteiger partial charge in [-0.1, -0.05) is 30.3 Å². The molecule has 3 amide bonds. The Labute approximate surface area is 211 Å². The molecule has 3 aromatic rings. The van der Waals surface area contributed by atoms with Crippen molar-refractivity contribution in [2.75, 3.05) is 11.9 Å². The number of hydrogen-bond donors (Lipinski definition) is 6. The van der Waals surface area contributed by atoms with Crippen LogP contribution in [-0.2, 0) is 16.1 Å². The monoisotopic (exact) mass is 512 g/mol. The molecule has 0 radical (unpaired) electrons. The molecule has 6 N–H and O–H groups in total. The molecule has 0 spiro atoms. The van der Waals surface area contributed by atoms with Gasteiger partial charge in [-0.3, -0.25) is 19.6 Å². The van der Waals surface area contributed by atoms with Gasteiger partial charge in [-0.2, -0.15) is 0 Å². The van der Waals surface area contributed by atoms with Crippen LogP contribution >= 0.6 is 0 Å². The van der Waals surface area contributed by atoms with E-state index in [-0.39, 0.29) is 24.6 Å². The number of aliphatic hydroxyl groups is 1. The molecule has 0 aliphatic rings. The first kappa shape index (κ1) is 27.4. The van der Waals surface area contributed by atoms with Crippen LogP contribution in [0.4, 0.5) is 14.5 Å². The molecule has 0 saturated heterocycles. The highest BCUT2D eigenvalue weighted by Crippen LogP contribution is 2.22. The number of hydroxylamine groups is 1. The summed E-state index contributed by atoms with van der Waals surface area (Å²) in [6, 6.07) is 15.7. The number of amides is 3. The smallest absolute Gasteiger partial charge is 0.268 e. The van der Waals surface area contributed by atoms with Gasteiger partial charge in [0.05, 0.1) is 12.6 Å². The van der Waals surface area contributed by atoms with Crippen molar-refractivity contribution in [3.8, 4) is 11.1 Å². The average Bonchev–Trinajstić information content (AvgIpc) is 2.89. The molecule has 2 atom stereocenters. The Morgan fingerprint density at radius 3 is 2.08 bits per heavy atom. The van der Waals surface area contributed by atoms with Gasteiger partial charge >= 0.3 is 0 Å². The van der Waals surface area contributed by atoms with E-state index in [1.165, 1.54) is 18.5 Å². The maximum atomic E-state index is 13.2. The number of halogens is 2. The van der Waals surface area contributed by atoms with Crippen molar-refractivity contribution in [3.63, 3.8) is 0 Å². The molecule has 194 valence electrons. The number of carbonyl (C=O) groups is 3. The molecule has 0 bridgehead atoms. The Morgan fingerprint density at radius 1 is 0.892 bits per heavy atom. The van der Waals surface area contributed by atoms with Crippen LogP contribution in [0.5, 0.6) is 0 Å². The van der Waals surface area contributed by atoms with Gasteiger partial charge in [0.1, 0.15) is 6.04 Å². The van der Waals surface area contributed by atoms with E-state index in [0.29, 0.717) is 11.3 Å². The number of rotatable bonds is 10. The fourth-order valence-electron chi connectivity index (χ4n) is 3.43. The van der Waals surface area contributed by atoms with E-state index in [4.69, 9.17) is 5.21 Å². The van der Waals surface area contributed by atoms with Gasteiger partial charge in [-0.15, -0.1) is 0 Å². The Morgan fingerprint density at radius 2 is 1.51 bits per heavy atom. The fraction of sp³-hybridized carbons (Fsp3) is 0.192. The van der Waals surface area contributed by atoms with Crippen molar-refractivity contribution < 1.29 is 33.5 Å². The third kappa shape index (κ3) is 7.64. The van der Waals surface area contributed by atoms with Gasteiger partial charge < -0.3 is 21.1 Å². The first-order chi connectivity index (χ1) is 17.7. The lowest BCUT2D eigenvalue weighted by Crippen LogP contribution is -2.51. The van der Waals surface area contributed by atoms with E-state index in [0.717, 1.165) is 23.3 Å². The number of carbonyl (C=O) groups excluding carboxylic acids is 3. The lowest BCUT2D eigenvalue weighted by molar-refractivity contribution is -0.133. The molecule has 37 heavy (non-hydrogen) atoms. The topological polar surface area (TPSA) is 140 Å². The quantitative estimate of drug-likeness (QED) is 0.182. The Hall–Kier alpha value is -4.19. The summed E-state index contributed by atoms with van der Waals surface area (Å²) in [6.45, 7) is 1.48. The third-order valence-corrected chi connectivity index (χ3v) is 5.41. The van der Waals surface area contributed by atoms with Crippen LogP contribution in [0.1, 0.15) is 22.8 Å². The van der Waals surface area contributed by atoms with E-state index >= 15 is 0 Å². The molecule has 0 unspecified atom stereocenters. The van der Waals surface area contributed by atoms with Crippen LogP contribution in [0.2, 0.25) is 0 Å². The molecule has 0 aliphatic heterocycles. The highest BCUT2D eigenvalue weighted by Gasteiger charge is 2.25. The summed E-state index contributed by atoms with van der Waals surface area (Å²) in [5.74, 6) is -3.72. The van der Waals surface area contributed by atoms with E-state index < -0.39 is 35.6 Å². The summed E-state index contributed by atoms with van der Waals surface area (Å²) in [4.78, 5) is 36.2. The molecule has 3 aromatic carbocycles. The maximum Gasteiger partial charge on any atom is 0.268 e. The molecule has 0 fully saturated rings. The largest absolute Gasteiger partial charge is 0.391 e. The predicted molar refractivity (Wildman–Crippen MR) is 131 cm³/mol. The van der Waals surface area contributed by atoms with Gasteiger partial charge in [0, 0.05) is 17.8 Å². The summed E-state index contributed by atoms with van der Waals surface area (Å²) in [7, 11) is 0. The fourth-order valence-corrected chi connectivity index (χ4v) is 3.43. The number of aliphatic hydroxyl groups excluding tert-OH is 1. The van der Waals surface area contributed by atoms with E-state index in [1.807, 2.05) is 0 Å². The number of benzene rings is 3. The van der Waals surface area contributed by atoms with Crippen LogP contribution in [0.25, 0.3) is 11.1 Å². The van der Waals surface area contributed by atoms with Gasteiger partial charge in [0.25, 0.3) is 11.8 Å². The van der Waals surface area contributed by atoms with Crippen molar-refractivity contribution >= 4 is 23.4 Å². The molecular formula is C26H26F2N4O5. The molecular weight excluding hydrogens is 486 g/mol. The minimum Gasteiger partial charge on any atom is -0.391 e. The Bertz CT molecular complexity index is 1250. The summed E-state index contributed by atoms with van der Waals surface area (Å²) < 4.78 is 26.2. The van der Waals surface area contributed by atoms with Crippen LogP contribution in [0.15, 0.2) is 66.7 Å². The zero-order valence-electron chi connectivity index (χ0n) is 19.8. The van der Waals surface area contributed by atoms with Gasteiger partial charge in [0.15, 0.2) is 11.6 Å². The highest BCUT2D eigenvalue weighted by atomic mass is 19.2. The Kier molecular flexibility index (Phi) is 9.39. The third-order valence-electron chi connectivity index (χ3n) is 5.41. The minimum absolute atomic E-state index is 0.0276. The second-order valence-electron chi connectivity index (χ2n) is 8.22. The SMILES string of the molecule is C[C@@H](O)[C@H](NC(=O)c1ccc(-c2ccc(NC(=O)CNCc3ccc(F)c(F)c3)cc2)cc1)C(=O)NO. The highest BCUT2D eigenvalue weighted by molar-refractivity contribution is 5.98. The number of hydrogen-bond acceptors (Lipinski definition) is 6. The normalized spacial score (nSPS) is 12.4. The van der Waals surface area contributed by atoms with Crippen LogP contribution in [0.3, 0.4) is 0 Å². The average molecular weight is 513 g/mol. The summed E-state index contributed by atoms with van der Waals surface area (Å²) in [5.41, 5.74) is 4.34. The summed E-state index contributed by atoms with van der Waals surface area (Å²) in [5, 5.41) is 26.4. The first-order valence-electron chi connectivity index (χ1n) is 11.3. The van der Waals surface area contributed by atoms with E-state index in [1.54, 1.807) is 48.5 Å². The van der Waals surface area contributed by atoms with Crippen molar-refractivity contribution in [2.24, 2.45) is 0 Å². The zero-order chi connectivity index (χ0) is 26.9. The molecule has 3 rings (SSSR count). The zero-order valence-corrected chi connectivity index (χ0v) is 19.8. The second-order valence-corrected chi connectivity index (χ2v) is 8.22. The van der Waals surface area contributed by atoms with Gasteiger partial charge in [-0.05, 0) is 60.0 Å². The minimum atomic E-state index is -1.32. The van der Waals surface area contributed by atoms with Crippen LogP contribution in [-0.4, -0.2) is 46.7 Å². The van der Waals surface area contributed by atoms with Crippen molar-refractivity contribution in [1.82, 2.24) is 16.1 Å². The molecule has 11 heteroatoms. The number of anilines is 1. The lowest BCUT2D eigenvalue weighted by Gasteiger charge is -2.19. The molecule has 0 saturated carbocycles. The first-order valence-corrected chi connectivity index (χ1v) is 11.3. The maximum absolute atomic E-state index is 13.2. The molecule has 0 aliphatic carbocycles. The van der Waals surface area contributed by atoms with Gasteiger partial charge in [0.2, 0.25) is 5.91 Å². The van der Waals surface area contributed by atoms with Crippen molar-refractivity contribution in [2.45, 2.75) is 25.6 Å². The standard InChI is InChI=1S/C26H26F2N4O5/c1-15(33)24(26(36)32-37)31-25(35)19-5-3-17(4-6-19)18-7-9-20(10-8-18)30-23(34)14-29-13-16-2-11-21(27)22(28)12-16/h2-12,15,24,29,33,37H,13-14H2,1H3,(H,30,34)(H,31,35)(H,32,36)/t15-,24+/m1/s1. The van der Waals surface area contributed by atoms with Crippen molar-refractivity contribution in [3.05, 3.63) is 89.5 Å². The number of nitrogens with one attached hydrogen (secondary N) is 4. The second kappa shape index (κ2) is 12.7. The van der Waals surface area contributed by atoms with Gasteiger partial charge in [-0.25, -0.2) is 14.3 Å².